The van der Waals surface area contributed by atoms with Gasteiger partial charge in [-0.05, 0) is 18.2 Å². The molecule has 86 valence electrons. The molecule has 0 aliphatic rings. The molecule has 0 saturated carbocycles. The Hall–Kier alpha value is -1.03. The zero-order valence-electron chi connectivity index (χ0n) is 8.45. The van der Waals surface area contributed by atoms with Crippen LogP contribution in [0.5, 0.6) is 0 Å². The van der Waals surface area contributed by atoms with Gasteiger partial charge in [0.2, 0.25) is 0 Å². The Morgan fingerprint density at radius 2 is 1.65 bits per heavy atom. The number of rotatable bonds is 2. The van der Waals surface area contributed by atoms with Gasteiger partial charge in [0.1, 0.15) is 5.82 Å². The summed E-state index contributed by atoms with van der Waals surface area (Å²) in [5.41, 5.74) is 1.29. The number of hydrogen-bond acceptors (Lipinski definition) is 2. The Bertz CT molecular complexity index is 563. The first-order valence-corrected chi connectivity index (χ1v) is 5.83. The fraction of sp³-hybridized carbons (Fsp3) is 0. The van der Waals surface area contributed by atoms with E-state index in [4.69, 9.17) is 23.2 Å². The molecule has 0 aliphatic heterocycles. The molecule has 0 unspecified atom stereocenters. The maximum atomic E-state index is 13.7. The van der Waals surface area contributed by atoms with Crippen LogP contribution in [-0.4, -0.2) is 0 Å². The minimum atomic E-state index is -0.376. The van der Waals surface area contributed by atoms with Crippen molar-refractivity contribution in [2.24, 2.45) is 4.36 Å². The van der Waals surface area contributed by atoms with E-state index in [0.29, 0.717) is 26.9 Å². The van der Waals surface area contributed by atoms with Gasteiger partial charge in [-0.2, -0.15) is 4.36 Å². The molecule has 17 heavy (non-hydrogen) atoms. The molecule has 2 rings (SSSR count). The number of nitrogens with zero attached hydrogens (tertiary/aromatic N) is 1. The minimum Gasteiger partial charge on any atom is -0.206 e. The molecule has 2 aromatic carbocycles. The lowest BCUT2D eigenvalue weighted by Gasteiger charge is -2.08. The molecule has 0 bridgehead atoms. The highest BCUT2D eigenvalue weighted by Gasteiger charge is 2.13. The Balaban J connectivity index is 2.68. The third kappa shape index (κ3) is 2.46. The van der Waals surface area contributed by atoms with E-state index in [1.54, 1.807) is 30.3 Å². The molecule has 0 radical (unpaired) electrons. The standard InChI is InChI=1S/C12H6Cl2FNS/c13-9-5-7(16-17)6-10(14)12(9)8-3-1-2-4-11(8)15/h1-6H. The van der Waals surface area contributed by atoms with E-state index in [-0.39, 0.29) is 5.82 Å². The lowest BCUT2D eigenvalue weighted by Crippen LogP contribution is -1.86. The van der Waals surface area contributed by atoms with Gasteiger partial charge >= 0.3 is 0 Å². The highest BCUT2D eigenvalue weighted by atomic mass is 35.5. The van der Waals surface area contributed by atoms with Gasteiger partial charge in [0.05, 0.1) is 15.7 Å². The number of benzene rings is 2. The van der Waals surface area contributed by atoms with E-state index < -0.39 is 0 Å². The maximum Gasteiger partial charge on any atom is 0.131 e. The largest absolute Gasteiger partial charge is 0.206 e. The van der Waals surface area contributed by atoms with Crippen molar-refractivity contribution < 1.29 is 4.39 Å². The SMILES string of the molecule is Fc1ccccc1-c1c(Cl)cc(N=S)cc1Cl. The second kappa shape index (κ2) is 5.08. The van der Waals surface area contributed by atoms with Gasteiger partial charge < -0.3 is 0 Å². The second-order valence-corrected chi connectivity index (χ2v) is 4.35. The van der Waals surface area contributed by atoms with Crippen LogP contribution in [0.1, 0.15) is 0 Å². The molecule has 0 N–H and O–H groups in total. The van der Waals surface area contributed by atoms with Crippen molar-refractivity contribution in [3.8, 4) is 11.1 Å². The average Bonchev–Trinajstić information content (AvgIpc) is 2.30. The summed E-state index contributed by atoms with van der Waals surface area (Å²) >= 11 is 16.7. The molecule has 0 saturated heterocycles. The molecular weight excluding hydrogens is 280 g/mol. The normalized spacial score (nSPS) is 10.3. The molecular formula is C12H6Cl2FNS. The first-order valence-electron chi connectivity index (χ1n) is 4.71. The zero-order chi connectivity index (χ0) is 12.4. The number of hydrogen-bond donors (Lipinski definition) is 0. The van der Waals surface area contributed by atoms with Crippen LogP contribution < -0.4 is 0 Å². The zero-order valence-corrected chi connectivity index (χ0v) is 10.8. The quantitative estimate of drug-likeness (QED) is 0.742. The Morgan fingerprint density at radius 3 is 2.18 bits per heavy atom. The Kier molecular flexibility index (Phi) is 3.72. The molecule has 0 atom stereocenters. The van der Waals surface area contributed by atoms with Crippen LogP contribution >= 0.6 is 23.2 Å². The van der Waals surface area contributed by atoms with Crippen LogP contribution in [0, 0.1) is 5.82 Å². The van der Waals surface area contributed by atoms with Gasteiger partial charge in [-0.15, -0.1) is 0 Å². The van der Waals surface area contributed by atoms with Gasteiger partial charge in [0.15, 0.2) is 0 Å². The maximum absolute atomic E-state index is 13.7. The summed E-state index contributed by atoms with van der Waals surface area (Å²) in [5, 5.41) is 0.650. The van der Waals surface area contributed by atoms with Crippen molar-refractivity contribution in [1.82, 2.24) is 0 Å². The molecule has 0 aliphatic carbocycles. The molecule has 2 aromatic rings. The second-order valence-electron chi connectivity index (χ2n) is 3.36. The predicted octanol–water partition coefficient (Wildman–Crippen LogP) is 5.16. The molecule has 1 nitrogen and oxygen atoms in total. The molecule has 0 aromatic heterocycles. The van der Waals surface area contributed by atoms with Gasteiger partial charge in [-0.1, -0.05) is 41.4 Å². The van der Waals surface area contributed by atoms with Gasteiger partial charge in [0.25, 0.3) is 0 Å². The summed E-state index contributed by atoms with van der Waals surface area (Å²) < 4.78 is 17.2. The highest BCUT2D eigenvalue weighted by Crippen LogP contribution is 2.38. The smallest absolute Gasteiger partial charge is 0.131 e. The summed E-state index contributed by atoms with van der Waals surface area (Å²) in [7, 11) is 0. The van der Waals surface area contributed by atoms with E-state index in [1.165, 1.54) is 6.07 Å². The van der Waals surface area contributed by atoms with E-state index >= 15 is 0 Å². The Labute approximate surface area is 113 Å². The van der Waals surface area contributed by atoms with Crippen LogP contribution in [0.3, 0.4) is 0 Å². The Morgan fingerprint density at radius 1 is 1.06 bits per heavy atom. The van der Waals surface area contributed by atoms with Crippen molar-refractivity contribution in [3.05, 3.63) is 52.3 Å². The lowest BCUT2D eigenvalue weighted by atomic mass is 10.0. The summed E-state index contributed by atoms with van der Waals surface area (Å²) in [6, 6.07) is 9.41. The van der Waals surface area contributed by atoms with E-state index in [0.717, 1.165) is 0 Å². The molecule has 0 heterocycles. The number of halogens is 3. The van der Waals surface area contributed by atoms with Crippen LogP contribution in [-0.2, 0) is 12.4 Å². The molecule has 5 heteroatoms. The summed E-state index contributed by atoms with van der Waals surface area (Å²) in [6.07, 6.45) is 0. The van der Waals surface area contributed by atoms with E-state index in [1.807, 2.05) is 0 Å². The van der Waals surface area contributed by atoms with Gasteiger partial charge in [-0.3, -0.25) is 0 Å². The van der Waals surface area contributed by atoms with Crippen LogP contribution in [0.2, 0.25) is 10.0 Å². The first kappa shape index (κ1) is 12.4. The predicted molar refractivity (Wildman–Crippen MR) is 71.3 cm³/mol. The van der Waals surface area contributed by atoms with Crippen molar-refractivity contribution in [2.75, 3.05) is 0 Å². The third-order valence-electron chi connectivity index (χ3n) is 2.28. The average molecular weight is 286 g/mol. The monoisotopic (exact) mass is 285 g/mol. The van der Waals surface area contributed by atoms with Crippen LogP contribution in [0.4, 0.5) is 10.1 Å². The van der Waals surface area contributed by atoms with Gasteiger partial charge in [0, 0.05) is 23.6 Å². The third-order valence-corrected chi connectivity index (χ3v) is 3.08. The molecule has 0 fully saturated rings. The first-order chi connectivity index (χ1) is 8.13. The van der Waals surface area contributed by atoms with Crippen molar-refractivity contribution in [1.29, 1.82) is 0 Å². The van der Waals surface area contributed by atoms with Gasteiger partial charge in [-0.25, -0.2) is 4.39 Å². The summed E-state index contributed by atoms with van der Waals surface area (Å²) in [6.45, 7) is 0. The van der Waals surface area contributed by atoms with E-state index in [9.17, 15) is 4.39 Å². The van der Waals surface area contributed by atoms with Crippen LogP contribution in [0.25, 0.3) is 11.1 Å². The molecule has 0 amide bonds. The van der Waals surface area contributed by atoms with Crippen LogP contribution in [0.15, 0.2) is 40.8 Å². The highest BCUT2D eigenvalue weighted by molar-refractivity contribution is 7.47. The van der Waals surface area contributed by atoms with E-state index in [2.05, 4.69) is 16.8 Å². The van der Waals surface area contributed by atoms with Crippen molar-refractivity contribution in [3.63, 3.8) is 0 Å². The topological polar surface area (TPSA) is 12.4 Å². The fourth-order valence-electron chi connectivity index (χ4n) is 1.53. The van der Waals surface area contributed by atoms with Crippen molar-refractivity contribution >= 4 is 41.3 Å². The lowest BCUT2D eigenvalue weighted by molar-refractivity contribution is 0.631. The fourth-order valence-corrected chi connectivity index (χ4v) is 2.32. The summed E-state index contributed by atoms with van der Waals surface area (Å²) in [5.74, 6) is -0.376. The summed E-state index contributed by atoms with van der Waals surface area (Å²) in [4.78, 5) is 0. The van der Waals surface area contributed by atoms with Crippen molar-refractivity contribution in [2.45, 2.75) is 0 Å². The minimum absolute atomic E-state index is 0.325. The molecule has 0 spiro atoms.